The van der Waals surface area contributed by atoms with Crippen molar-refractivity contribution in [3.8, 4) is 11.5 Å². The number of nitrogens with zero attached hydrogens (tertiary/aromatic N) is 1. The summed E-state index contributed by atoms with van der Waals surface area (Å²) in [7, 11) is 0. The summed E-state index contributed by atoms with van der Waals surface area (Å²) in [5.41, 5.74) is 3.60. The minimum absolute atomic E-state index is 0.349. The maximum Gasteiger partial charge on any atom is 0.343 e. The number of carbonyl (C=O) groups excluding carboxylic acids is 3. The fourth-order valence-corrected chi connectivity index (χ4v) is 2.87. The lowest BCUT2D eigenvalue weighted by Gasteiger charge is -2.07. The number of anilines is 1. The van der Waals surface area contributed by atoms with Gasteiger partial charge in [-0.3, -0.25) is 9.59 Å². The van der Waals surface area contributed by atoms with Gasteiger partial charge in [-0.2, -0.15) is 5.10 Å². The Morgan fingerprint density at radius 2 is 1.54 bits per heavy atom. The predicted octanol–water partition coefficient (Wildman–Crippen LogP) is 4.83. The van der Waals surface area contributed by atoms with E-state index in [4.69, 9.17) is 21.1 Å². The molecule has 0 aromatic heterocycles. The smallest absolute Gasteiger partial charge is 0.343 e. The number of unbranched alkanes of at least 4 members (excludes halogenated alkanes) is 1. The van der Waals surface area contributed by atoms with Gasteiger partial charge in [-0.15, -0.1) is 0 Å². The number of benzene rings is 3. The Morgan fingerprint density at radius 1 is 0.886 bits per heavy atom. The number of rotatable bonds is 9. The van der Waals surface area contributed by atoms with Crippen molar-refractivity contribution in [3.63, 3.8) is 0 Å². The van der Waals surface area contributed by atoms with Gasteiger partial charge in [0.25, 0.3) is 0 Å². The zero-order chi connectivity index (χ0) is 25.0. The Morgan fingerprint density at radius 3 is 2.20 bits per heavy atom. The fourth-order valence-electron chi connectivity index (χ4n) is 2.75. The lowest BCUT2D eigenvalue weighted by Crippen LogP contribution is -2.32. The van der Waals surface area contributed by atoms with Gasteiger partial charge in [-0.05, 0) is 84.8 Å². The molecule has 8 nitrogen and oxygen atoms in total. The van der Waals surface area contributed by atoms with E-state index in [0.717, 1.165) is 12.8 Å². The van der Waals surface area contributed by atoms with Crippen LogP contribution >= 0.6 is 11.6 Å². The molecule has 0 fully saturated rings. The van der Waals surface area contributed by atoms with Crippen LogP contribution in [0.5, 0.6) is 11.5 Å². The summed E-state index contributed by atoms with van der Waals surface area (Å²) in [6, 6.07) is 19.6. The first kappa shape index (κ1) is 25.5. The summed E-state index contributed by atoms with van der Waals surface area (Å²) >= 11 is 5.78. The van der Waals surface area contributed by atoms with Crippen LogP contribution in [-0.4, -0.2) is 30.6 Å². The van der Waals surface area contributed by atoms with E-state index in [-0.39, 0.29) is 0 Å². The van der Waals surface area contributed by atoms with Gasteiger partial charge < -0.3 is 14.8 Å². The summed E-state index contributed by atoms with van der Waals surface area (Å²) in [5.74, 6) is -1.24. The van der Waals surface area contributed by atoms with Crippen LogP contribution < -0.4 is 20.2 Å². The van der Waals surface area contributed by atoms with Gasteiger partial charge in [0.2, 0.25) is 0 Å². The van der Waals surface area contributed by atoms with Crippen LogP contribution in [0.1, 0.15) is 35.7 Å². The molecule has 0 saturated carbocycles. The first-order chi connectivity index (χ1) is 16.9. The highest BCUT2D eigenvalue weighted by Gasteiger charge is 2.13. The highest BCUT2D eigenvalue weighted by molar-refractivity contribution is 6.39. The van der Waals surface area contributed by atoms with E-state index in [1.807, 2.05) is 0 Å². The van der Waals surface area contributed by atoms with Gasteiger partial charge in [0.1, 0.15) is 11.5 Å². The molecule has 0 aliphatic carbocycles. The molecule has 2 N–H and O–H groups in total. The molecule has 3 aromatic carbocycles. The molecular weight excluding hydrogens is 470 g/mol. The quantitative estimate of drug-likeness (QED) is 0.111. The second-order valence-corrected chi connectivity index (χ2v) is 7.78. The molecule has 9 heteroatoms. The van der Waals surface area contributed by atoms with E-state index in [1.54, 1.807) is 72.8 Å². The molecule has 0 unspecified atom stereocenters. The third-order valence-electron chi connectivity index (χ3n) is 4.64. The lowest BCUT2D eigenvalue weighted by molar-refractivity contribution is -0.136. The van der Waals surface area contributed by atoms with Gasteiger partial charge in [-0.25, -0.2) is 10.2 Å². The molecule has 0 saturated heterocycles. The third-order valence-corrected chi connectivity index (χ3v) is 4.89. The standard InChI is InChI=1S/C26H24ClN3O5/c1-2-3-16-34-22-14-6-19(7-15-22)26(33)35-23-12-4-18(5-13-23)17-28-30-25(32)24(31)29-21-10-8-20(27)9-11-21/h4-15,17H,2-3,16H2,1H3,(H,29,31)(H,30,32)/b28-17+. The van der Waals surface area contributed by atoms with E-state index >= 15 is 0 Å². The van der Waals surface area contributed by atoms with E-state index in [2.05, 4.69) is 22.8 Å². The maximum atomic E-state index is 12.3. The SMILES string of the molecule is CCCCOc1ccc(C(=O)Oc2ccc(/C=N/NC(=O)C(=O)Nc3ccc(Cl)cc3)cc2)cc1. The van der Waals surface area contributed by atoms with Crippen LogP contribution in [0.25, 0.3) is 0 Å². The predicted molar refractivity (Wildman–Crippen MR) is 134 cm³/mol. The number of hydrazone groups is 1. The fraction of sp³-hybridized carbons (Fsp3) is 0.154. The van der Waals surface area contributed by atoms with Crippen molar-refractivity contribution in [1.82, 2.24) is 5.43 Å². The van der Waals surface area contributed by atoms with E-state index in [1.165, 1.54) is 6.21 Å². The minimum Gasteiger partial charge on any atom is -0.494 e. The topological polar surface area (TPSA) is 106 Å². The monoisotopic (exact) mass is 493 g/mol. The molecule has 0 heterocycles. The number of nitrogens with one attached hydrogen (secondary N) is 2. The van der Waals surface area contributed by atoms with E-state index < -0.39 is 17.8 Å². The van der Waals surface area contributed by atoms with Crippen LogP contribution in [0.4, 0.5) is 5.69 Å². The summed E-state index contributed by atoms with van der Waals surface area (Å²) in [5, 5.41) is 6.71. The van der Waals surface area contributed by atoms with Crippen LogP contribution in [0.15, 0.2) is 77.9 Å². The molecule has 180 valence electrons. The average Bonchev–Trinajstić information content (AvgIpc) is 2.87. The van der Waals surface area contributed by atoms with Crippen LogP contribution in [0.3, 0.4) is 0 Å². The Kier molecular flexibility index (Phi) is 9.39. The van der Waals surface area contributed by atoms with Gasteiger partial charge in [0, 0.05) is 10.7 Å². The van der Waals surface area contributed by atoms with Gasteiger partial charge in [0.05, 0.1) is 18.4 Å². The average molecular weight is 494 g/mol. The summed E-state index contributed by atoms with van der Waals surface area (Å²) in [4.78, 5) is 36.1. The van der Waals surface area contributed by atoms with Gasteiger partial charge in [0.15, 0.2) is 0 Å². The van der Waals surface area contributed by atoms with Crippen molar-refractivity contribution in [3.05, 3.63) is 88.9 Å². The van der Waals surface area contributed by atoms with Crippen molar-refractivity contribution in [2.45, 2.75) is 19.8 Å². The van der Waals surface area contributed by atoms with Crippen LogP contribution in [0, 0.1) is 0 Å². The van der Waals surface area contributed by atoms with Gasteiger partial charge in [-0.1, -0.05) is 24.9 Å². The maximum absolute atomic E-state index is 12.3. The Labute approximate surface area is 207 Å². The molecule has 0 aliphatic rings. The molecule has 0 spiro atoms. The number of amides is 2. The normalized spacial score (nSPS) is 10.6. The van der Waals surface area contributed by atoms with E-state index in [9.17, 15) is 14.4 Å². The second kappa shape index (κ2) is 12.9. The zero-order valence-electron chi connectivity index (χ0n) is 19.0. The third kappa shape index (κ3) is 8.28. The molecule has 0 radical (unpaired) electrons. The Hall–Kier alpha value is -4.17. The van der Waals surface area contributed by atoms with Crippen LogP contribution in [0.2, 0.25) is 5.02 Å². The number of halogens is 1. The molecule has 3 aromatic rings. The van der Waals surface area contributed by atoms with Gasteiger partial charge >= 0.3 is 17.8 Å². The molecule has 35 heavy (non-hydrogen) atoms. The molecule has 0 atom stereocenters. The number of esters is 1. The highest BCUT2D eigenvalue weighted by Crippen LogP contribution is 2.17. The summed E-state index contributed by atoms with van der Waals surface area (Å²) < 4.78 is 11.0. The van der Waals surface area contributed by atoms with Crippen molar-refractivity contribution < 1.29 is 23.9 Å². The van der Waals surface area contributed by atoms with E-state index in [0.29, 0.717) is 39.9 Å². The number of ether oxygens (including phenoxy) is 2. The summed E-state index contributed by atoms with van der Waals surface area (Å²) in [6.45, 7) is 2.72. The summed E-state index contributed by atoms with van der Waals surface area (Å²) in [6.07, 6.45) is 3.37. The molecule has 0 bridgehead atoms. The molecular formula is C26H24ClN3O5. The Balaban J connectivity index is 1.46. The van der Waals surface area contributed by atoms with Crippen molar-refractivity contribution in [1.29, 1.82) is 0 Å². The highest BCUT2D eigenvalue weighted by atomic mass is 35.5. The molecule has 2 amide bonds. The largest absolute Gasteiger partial charge is 0.494 e. The first-order valence-corrected chi connectivity index (χ1v) is 11.3. The first-order valence-electron chi connectivity index (χ1n) is 10.9. The molecule has 3 rings (SSSR count). The number of carbonyl (C=O) groups is 3. The van der Waals surface area contributed by atoms with Crippen molar-refractivity contribution in [2.75, 3.05) is 11.9 Å². The lowest BCUT2D eigenvalue weighted by atomic mass is 10.2. The zero-order valence-corrected chi connectivity index (χ0v) is 19.7. The number of hydrogen-bond donors (Lipinski definition) is 2. The van der Waals surface area contributed by atoms with Crippen molar-refractivity contribution in [2.24, 2.45) is 5.10 Å². The van der Waals surface area contributed by atoms with Crippen LogP contribution in [-0.2, 0) is 9.59 Å². The molecule has 0 aliphatic heterocycles. The van der Waals surface area contributed by atoms with Crippen molar-refractivity contribution >= 4 is 41.3 Å². The second-order valence-electron chi connectivity index (χ2n) is 7.35. The number of hydrogen-bond acceptors (Lipinski definition) is 6. The Bertz CT molecular complexity index is 1180. The minimum atomic E-state index is -0.927.